The third kappa shape index (κ3) is 4.46. The first-order valence-electron chi connectivity index (χ1n) is 9.75. The predicted molar refractivity (Wildman–Crippen MR) is 114 cm³/mol. The third-order valence-corrected chi connectivity index (χ3v) is 7.72. The first-order chi connectivity index (χ1) is 14.5. The maximum atomic E-state index is 12.8. The zero-order valence-corrected chi connectivity index (χ0v) is 18.0. The summed E-state index contributed by atoms with van der Waals surface area (Å²) < 4.78 is 33.6. The van der Waals surface area contributed by atoms with Crippen molar-refractivity contribution in [3.05, 3.63) is 48.4 Å². The average Bonchev–Trinajstić information content (AvgIpc) is 3.39. The number of benzene rings is 1. The van der Waals surface area contributed by atoms with Gasteiger partial charge in [-0.2, -0.15) is 11.8 Å². The van der Waals surface area contributed by atoms with Crippen LogP contribution in [0.15, 0.2) is 52.2 Å². The molecule has 1 aromatic heterocycles. The van der Waals surface area contributed by atoms with Crippen molar-refractivity contribution in [2.24, 2.45) is 0 Å². The van der Waals surface area contributed by atoms with Crippen molar-refractivity contribution in [2.75, 3.05) is 36.0 Å². The Bertz CT molecular complexity index is 984. The minimum absolute atomic E-state index is 0.0884. The summed E-state index contributed by atoms with van der Waals surface area (Å²) in [7, 11) is -3.75. The molecule has 0 aliphatic carbocycles. The van der Waals surface area contributed by atoms with Gasteiger partial charge in [-0.15, -0.1) is 0 Å². The summed E-state index contributed by atoms with van der Waals surface area (Å²) in [4.78, 5) is 27.2. The highest BCUT2D eigenvalue weighted by Gasteiger charge is 2.31. The zero-order chi connectivity index (χ0) is 21.1. The molecule has 2 amide bonds. The van der Waals surface area contributed by atoms with Crippen LogP contribution in [0.2, 0.25) is 0 Å². The molecule has 2 saturated heterocycles. The van der Waals surface area contributed by atoms with Gasteiger partial charge in [0.15, 0.2) is 0 Å². The number of nitrogens with one attached hydrogen (secondary N) is 1. The summed E-state index contributed by atoms with van der Waals surface area (Å²) in [6, 6.07) is 7.57. The second-order valence-corrected chi connectivity index (χ2v) is 10.2. The van der Waals surface area contributed by atoms with E-state index in [1.807, 2.05) is 17.8 Å². The van der Waals surface area contributed by atoms with Gasteiger partial charge in [0.05, 0.1) is 29.2 Å². The van der Waals surface area contributed by atoms with Crippen LogP contribution in [0.25, 0.3) is 0 Å². The summed E-state index contributed by atoms with van der Waals surface area (Å²) in [5.41, 5.74) is 1.33. The minimum atomic E-state index is -3.75. The van der Waals surface area contributed by atoms with Crippen molar-refractivity contribution in [3.8, 4) is 0 Å². The number of hydrogen-bond donors (Lipinski definition) is 1. The molecule has 8 nitrogen and oxygen atoms in total. The number of carbonyl (C=O) groups excluding carboxylic acids is 2. The molecule has 0 radical (unpaired) electrons. The van der Waals surface area contributed by atoms with E-state index in [0.717, 1.165) is 35.1 Å². The van der Waals surface area contributed by atoms with Gasteiger partial charge in [0.25, 0.3) is 0 Å². The summed E-state index contributed by atoms with van der Waals surface area (Å²) >= 11 is 1.89. The van der Waals surface area contributed by atoms with Gasteiger partial charge in [0.1, 0.15) is 0 Å². The number of imide groups is 1. The number of sulfonamides is 1. The Morgan fingerprint density at radius 3 is 2.30 bits per heavy atom. The van der Waals surface area contributed by atoms with E-state index in [1.54, 1.807) is 12.5 Å². The number of thioether (sulfide) groups is 1. The molecule has 2 fully saturated rings. The fraction of sp³-hybridized carbons (Fsp3) is 0.400. The highest BCUT2D eigenvalue weighted by atomic mass is 32.2. The van der Waals surface area contributed by atoms with Gasteiger partial charge in [-0.1, -0.05) is 0 Å². The lowest BCUT2D eigenvalue weighted by atomic mass is 10.1. The third-order valence-electron chi connectivity index (χ3n) is 5.34. The lowest BCUT2D eigenvalue weighted by Gasteiger charge is -2.33. The number of hydrogen-bond acceptors (Lipinski definition) is 7. The molecule has 2 aromatic rings. The molecule has 0 spiro atoms. The number of amides is 2. The second-order valence-electron chi connectivity index (χ2n) is 7.19. The molecule has 1 atom stereocenters. The SMILES string of the molecule is O=C1CCC(=O)N1c1ccc(S(=O)(=O)NCC(c2ccoc2)N2CCSCC2)cc1. The highest BCUT2D eigenvalue weighted by Crippen LogP contribution is 2.26. The van der Waals surface area contributed by atoms with Crippen molar-refractivity contribution in [1.82, 2.24) is 9.62 Å². The summed E-state index contributed by atoms with van der Waals surface area (Å²) in [5.74, 6) is 1.49. The average molecular weight is 450 g/mol. The second kappa shape index (κ2) is 8.93. The Hall–Kier alpha value is -2.14. The lowest BCUT2D eigenvalue weighted by molar-refractivity contribution is -0.121. The summed E-state index contributed by atoms with van der Waals surface area (Å²) in [6.45, 7) is 1.99. The number of rotatable bonds is 7. The molecule has 4 rings (SSSR count). The van der Waals surface area contributed by atoms with Gasteiger partial charge in [0.2, 0.25) is 21.8 Å². The van der Waals surface area contributed by atoms with Crippen LogP contribution in [0, 0.1) is 0 Å². The van der Waals surface area contributed by atoms with Crippen LogP contribution in [0.5, 0.6) is 0 Å². The predicted octanol–water partition coefficient (Wildman–Crippen LogP) is 2.00. The molecule has 10 heteroatoms. The summed E-state index contributed by atoms with van der Waals surface area (Å²) in [5, 5.41) is 0. The van der Waals surface area contributed by atoms with E-state index < -0.39 is 10.0 Å². The topological polar surface area (TPSA) is 99.9 Å². The van der Waals surface area contributed by atoms with Gasteiger partial charge in [-0.3, -0.25) is 19.4 Å². The van der Waals surface area contributed by atoms with Crippen molar-refractivity contribution in [3.63, 3.8) is 0 Å². The first kappa shape index (κ1) is 21.1. The van der Waals surface area contributed by atoms with Gasteiger partial charge >= 0.3 is 0 Å². The van der Waals surface area contributed by atoms with E-state index in [9.17, 15) is 18.0 Å². The molecule has 1 aromatic carbocycles. The number of anilines is 1. The van der Waals surface area contributed by atoms with Crippen LogP contribution in [0.1, 0.15) is 24.4 Å². The summed E-state index contributed by atoms with van der Waals surface area (Å²) in [6.07, 6.45) is 3.62. The monoisotopic (exact) mass is 449 g/mol. The lowest BCUT2D eigenvalue weighted by Crippen LogP contribution is -2.41. The zero-order valence-electron chi connectivity index (χ0n) is 16.3. The molecule has 30 heavy (non-hydrogen) atoms. The molecule has 3 heterocycles. The van der Waals surface area contributed by atoms with E-state index in [4.69, 9.17) is 4.42 Å². The van der Waals surface area contributed by atoms with Crippen LogP contribution >= 0.6 is 11.8 Å². The van der Waals surface area contributed by atoms with Gasteiger partial charge in [-0.25, -0.2) is 13.1 Å². The normalized spacial score (nSPS) is 19.4. The van der Waals surface area contributed by atoms with Crippen molar-refractivity contribution in [1.29, 1.82) is 0 Å². The van der Waals surface area contributed by atoms with E-state index in [1.165, 1.54) is 24.3 Å². The van der Waals surface area contributed by atoms with Crippen LogP contribution < -0.4 is 9.62 Å². The molecule has 1 unspecified atom stereocenters. The van der Waals surface area contributed by atoms with Gasteiger partial charge in [0, 0.05) is 49.5 Å². The minimum Gasteiger partial charge on any atom is -0.472 e. The highest BCUT2D eigenvalue weighted by molar-refractivity contribution is 7.99. The molecule has 160 valence electrons. The largest absolute Gasteiger partial charge is 0.472 e. The van der Waals surface area contributed by atoms with E-state index >= 15 is 0 Å². The standard InChI is InChI=1S/C20H23N3O5S2/c24-19-5-6-20(25)23(19)16-1-3-17(4-2-16)30(26,27)21-13-18(15-7-10-28-14-15)22-8-11-29-12-9-22/h1-4,7,10,14,18,21H,5-6,8-9,11-13H2. The fourth-order valence-electron chi connectivity index (χ4n) is 3.72. The van der Waals surface area contributed by atoms with Gasteiger partial charge in [-0.05, 0) is 30.3 Å². The maximum Gasteiger partial charge on any atom is 0.240 e. The van der Waals surface area contributed by atoms with Crippen molar-refractivity contribution in [2.45, 2.75) is 23.8 Å². The van der Waals surface area contributed by atoms with E-state index in [2.05, 4.69) is 9.62 Å². The molecular formula is C20H23N3O5S2. The van der Waals surface area contributed by atoms with E-state index in [-0.39, 0.29) is 42.1 Å². The number of nitrogens with zero attached hydrogens (tertiary/aromatic N) is 2. The Morgan fingerprint density at radius 1 is 1.03 bits per heavy atom. The Balaban J connectivity index is 1.47. The molecule has 2 aliphatic rings. The molecule has 2 aliphatic heterocycles. The Kier molecular flexibility index (Phi) is 6.28. The molecule has 0 saturated carbocycles. The smallest absolute Gasteiger partial charge is 0.240 e. The van der Waals surface area contributed by atoms with Crippen LogP contribution in [-0.4, -0.2) is 56.3 Å². The van der Waals surface area contributed by atoms with Crippen molar-refractivity contribution >= 4 is 39.3 Å². The van der Waals surface area contributed by atoms with Gasteiger partial charge < -0.3 is 4.42 Å². The quantitative estimate of drug-likeness (QED) is 0.646. The Morgan fingerprint density at radius 2 is 1.70 bits per heavy atom. The van der Waals surface area contributed by atoms with E-state index in [0.29, 0.717) is 5.69 Å². The molecule has 0 bridgehead atoms. The molecular weight excluding hydrogens is 426 g/mol. The van der Waals surface area contributed by atoms with Crippen LogP contribution in [0.3, 0.4) is 0 Å². The Labute approximate surface area is 179 Å². The number of carbonyl (C=O) groups is 2. The maximum absolute atomic E-state index is 12.8. The fourth-order valence-corrected chi connectivity index (χ4v) is 5.69. The van der Waals surface area contributed by atoms with Crippen LogP contribution in [0.4, 0.5) is 5.69 Å². The molecule has 1 N–H and O–H groups in total. The number of furan rings is 1. The van der Waals surface area contributed by atoms with Crippen molar-refractivity contribution < 1.29 is 22.4 Å². The first-order valence-corrected chi connectivity index (χ1v) is 12.4. The van der Waals surface area contributed by atoms with Crippen LogP contribution in [-0.2, 0) is 19.6 Å².